The first kappa shape index (κ1) is 9.78. The topological polar surface area (TPSA) is 27.7 Å². The molecule has 0 saturated carbocycles. The third kappa shape index (κ3) is 1.50. The van der Waals surface area contributed by atoms with E-state index in [0.29, 0.717) is 13.2 Å². The van der Waals surface area contributed by atoms with Crippen molar-refractivity contribution in [2.75, 3.05) is 25.1 Å². The van der Waals surface area contributed by atoms with E-state index in [1.165, 1.54) is 0 Å². The molecule has 0 bridgehead atoms. The van der Waals surface area contributed by atoms with Crippen LogP contribution in [0, 0.1) is 0 Å². The number of hydrogen-bond acceptors (Lipinski definition) is 4. The van der Waals surface area contributed by atoms with Gasteiger partial charge in [-0.3, -0.25) is 0 Å². The van der Waals surface area contributed by atoms with Crippen molar-refractivity contribution in [3.8, 4) is 0 Å². The minimum absolute atomic E-state index is 0.673. The molecular formula is C8H15O3PS. The van der Waals surface area contributed by atoms with Gasteiger partial charge >= 0.3 is 82.3 Å². The van der Waals surface area contributed by atoms with Gasteiger partial charge in [0.2, 0.25) is 0 Å². The Morgan fingerprint density at radius 1 is 1.46 bits per heavy atom. The third-order valence-electron chi connectivity index (χ3n) is 2.14. The zero-order valence-corrected chi connectivity index (χ0v) is 9.70. The van der Waals surface area contributed by atoms with Crippen molar-refractivity contribution in [3.05, 3.63) is 11.8 Å². The molecule has 1 spiro atoms. The number of rotatable bonds is 2. The molecule has 2 aliphatic heterocycles. The van der Waals surface area contributed by atoms with Gasteiger partial charge in [-0.15, -0.1) is 0 Å². The van der Waals surface area contributed by atoms with E-state index in [1.807, 2.05) is 6.92 Å². The van der Waals surface area contributed by atoms with Crippen LogP contribution in [0.4, 0.5) is 0 Å². The van der Waals surface area contributed by atoms with Crippen molar-refractivity contribution in [1.29, 1.82) is 0 Å². The number of hydrogen-bond donors (Lipinski definition) is 0. The molecule has 0 aromatic rings. The zero-order chi connectivity index (χ0) is 9.39. The molecule has 13 heavy (non-hydrogen) atoms. The summed E-state index contributed by atoms with van der Waals surface area (Å²) in [5.74, 6) is 1.92. The summed E-state index contributed by atoms with van der Waals surface area (Å²) in [7, 11) is 0. The molecule has 0 aromatic heterocycles. The summed E-state index contributed by atoms with van der Waals surface area (Å²) in [6, 6.07) is 0. The Balaban J connectivity index is 2.22. The molecule has 2 rings (SSSR count). The fourth-order valence-electron chi connectivity index (χ4n) is 1.66. The van der Waals surface area contributed by atoms with Crippen LogP contribution in [0.1, 0.15) is 13.8 Å². The third-order valence-corrected chi connectivity index (χ3v) is 9.25. The summed E-state index contributed by atoms with van der Waals surface area (Å²) in [6.45, 7) is 2.68. The van der Waals surface area contributed by atoms with Crippen molar-refractivity contribution in [2.24, 2.45) is 0 Å². The van der Waals surface area contributed by atoms with E-state index in [1.54, 1.807) is 11.4 Å². The van der Waals surface area contributed by atoms with Crippen LogP contribution in [0.2, 0.25) is 0 Å². The van der Waals surface area contributed by atoms with Gasteiger partial charge in [0.1, 0.15) is 0 Å². The Kier molecular flexibility index (Phi) is 2.35. The van der Waals surface area contributed by atoms with Gasteiger partial charge in [-0.25, -0.2) is 0 Å². The predicted molar refractivity (Wildman–Crippen MR) is 56.7 cm³/mol. The van der Waals surface area contributed by atoms with Crippen LogP contribution in [0.3, 0.4) is 0 Å². The summed E-state index contributed by atoms with van der Waals surface area (Å²) in [5.41, 5.74) is 0. The molecule has 1 fully saturated rings. The molecule has 0 aliphatic carbocycles. The van der Waals surface area contributed by atoms with Gasteiger partial charge < -0.3 is 0 Å². The van der Waals surface area contributed by atoms with Gasteiger partial charge in [-0.2, -0.15) is 0 Å². The van der Waals surface area contributed by atoms with Crippen LogP contribution in [0.5, 0.6) is 0 Å². The van der Waals surface area contributed by atoms with Crippen LogP contribution in [-0.2, 0) is 13.6 Å². The Morgan fingerprint density at radius 3 is 2.62 bits per heavy atom. The van der Waals surface area contributed by atoms with Gasteiger partial charge in [0.15, 0.2) is 0 Å². The maximum absolute atomic E-state index is 5.85. The first-order valence-corrected chi connectivity index (χ1v) is 8.29. The molecule has 0 N–H and O–H groups in total. The van der Waals surface area contributed by atoms with Crippen LogP contribution in [0.25, 0.3) is 0 Å². The molecular weight excluding hydrogens is 207 g/mol. The Morgan fingerprint density at radius 2 is 2.15 bits per heavy atom. The van der Waals surface area contributed by atoms with E-state index in [0.717, 1.165) is 17.7 Å². The minimum atomic E-state index is -2.73. The maximum atomic E-state index is 5.85. The second-order valence-corrected chi connectivity index (χ2v) is 9.85. The van der Waals surface area contributed by atoms with Crippen molar-refractivity contribution in [1.82, 2.24) is 0 Å². The summed E-state index contributed by atoms with van der Waals surface area (Å²) < 4.78 is 17.4. The van der Waals surface area contributed by atoms with Gasteiger partial charge in [0.05, 0.1) is 0 Å². The molecule has 0 atom stereocenters. The van der Waals surface area contributed by atoms with Crippen molar-refractivity contribution >= 4 is 17.9 Å². The molecule has 3 nitrogen and oxygen atoms in total. The van der Waals surface area contributed by atoms with Gasteiger partial charge in [-0.05, 0) is 0 Å². The first-order chi connectivity index (χ1) is 6.18. The summed E-state index contributed by atoms with van der Waals surface area (Å²) in [4.78, 5) is 0. The van der Waals surface area contributed by atoms with Crippen LogP contribution in [0.15, 0.2) is 11.8 Å². The SMILES string of the molecule is CCSP12(CC=C(C)O1)OCCO2. The van der Waals surface area contributed by atoms with Gasteiger partial charge in [0, 0.05) is 0 Å². The average Bonchev–Trinajstić information content (AvgIpc) is 2.62. The first-order valence-electron chi connectivity index (χ1n) is 4.52. The standard InChI is InChI=1S/C8H15O3PS/c1-3-13-12(9-5-6-10-12)7-4-8(2)11-12/h4H,3,5-7H2,1-2H3. The normalized spacial score (nSPS) is 32.2. The Bertz CT molecular complexity index is 248. The van der Waals surface area contributed by atoms with Gasteiger partial charge in [-0.1, -0.05) is 0 Å². The molecule has 1 saturated heterocycles. The van der Waals surface area contributed by atoms with Crippen LogP contribution < -0.4 is 0 Å². The van der Waals surface area contributed by atoms with E-state index in [-0.39, 0.29) is 0 Å². The van der Waals surface area contributed by atoms with Crippen molar-refractivity contribution < 1.29 is 13.6 Å². The van der Waals surface area contributed by atoms with Crippen molar-refractivity contribution in [2.45, 2.75) is 13.8 Å². The quantitative estimate of drug-likeness (QED) is 0.671. The molecule has 2 aliphatic rings. The molecule has 5 heteroatoms. The van der Waals surface area contributed by atoms with E-state index >= 15 is 0 Å². The van der Waals surface area contributed by atoms with Crippen molar-refractivity contribution in [3.63, 3.8) is 0 Å². The van der Waals surface area contributed by atoms with Gasteiger partial charge in [0.25, 0.3) is 0 Å². The molecule has 0 amide bonds. The molecule has 0 radical (unpaired) electrons. The Hall–Kier alpha value is 0.240. The molecule has 76 valence electrons. The van der Waals surface area contributed by atoms with E-state index in [2.05, 4.69) is 13.0 Å². The van der Waals surface area contributed by atoms with E-state index in [4.69, 9.17) is 13.6 Å². The average molecular weight is 222 g/mol. The van der Waals surface area contributed by atoms with Crippen LogP contribution >= 0.6 is 17.9 Å². The number of allylic oxidation sites excluding steroid dienone is 2. The second-order valence-electron chi connectivity index (χ2n) is 3.14. The molecule has 0 aromatic carbocycles. The monoisotopic (exact) mass is 222 g/mol. The Labute approximate surface area is 82.7 Å². The fraction of sp³-hybridized carbons (Fsp3) is 0.750. The van der Waals surface area contributed by atoms with Crippen LogP contribution in [-0.4, -0.2) is 25.1 Å². The fourth-order valence-corrected chi connectivity index (χ4v) is 8.41. The molecule has 2 heterocycles. The second kappa shape index (κ2) is 3.13. The zero-order valence-electron chi connectivity index (χ0n) is 7.99. The van der Waals surface area contributed by atoms with E-state index < -0.39 is 6.49 Å². The predicted octanol–water partition coefficient (Wildman–Crippen LogP) is 2.93. The summed E-state index contributed by atoms with van der Waals surface area (Å²) >= 11 is 1.71. The summed E-state index contributed by atoms with van der Waals surface area (Å²) in [6.07, 6.45) is 2.89. The summed E-state index contributed by atoms with van der Waals surface area (Å²) in [5, 5.41) is 0. The molecule has 0 unspecified atom stereocenters. The van der Waals surface area contributed by atoms with E-state index in [9.17, 15) is 0 Å².